The van der Waals surface area contributed by atoms with Gasteiger partial charge in [0.05, 0.1) is 6.42 Å². The lowest BCUT2D eigenvalue weighted by Crippen LogP contribution is -2.34. The SMILES string of the molecule is CCC(CC)NC(=O)Cc1ccc(S(N)(=O)=O)s1. The summed E-state index contributed by atoms with van der Waals surface area (Å²) in [6.07, 6.45) is 1.96. The van der Waals surface area contributed by atoms with Gasteiger partial charge in [0.2, 0.25) is 15.9 Å². The third-order valence-corrected chi connectivity index (χ3v) is 5.13. The molecule has 0 aromatic carbocycles. The summed E-state index contributed by atoms with van der Waals surface area (Å²) >= 11 is 1.04. The van der Waals surface area contributed by atoms with Crippen LogP contribution < -0.4 is 10.5 Å². The van der Waals surface area contributed by atoms with Gasteiger partial charge in [-0.05, 0) is 25.0 Å². The van der Waals surface area contributed by atoms with Crippen LogP contribution in [0.25, 0.3) is 0 Å². The van der Waals surface area contributed by atoms with Crippen LogP contribution in [0.5, 0.6) is 0 Å². The molecule has 1 heterocycles. The van der Waals surface area contributed by atoms with E-state index in [0.29, 0.717) is 4.88 Å². The highest BCUT2D eigenvalue weighted by molar-refractivity contribution is 7.91. The molecular formula is C11H18N2O3S2. The van der Waals surface area contributed by atoms with E-state index in [1.54, 1.807) is 6.07 Å². The topological polar surface area (TPSA) is 89.3 Å². The molecular weight excluding hydrogens is 272 g/mol. The van der Waals surface area contributed by atoms with Crippen molar-refractivity contribution in [3.8, 4) is 0 Å². The van der Waals surface area contributed by atoms with Crippen LogP contribution in [-0.4, -0.2) is 20.4 Å². The van der Waals surface area contributed by atoms with Crippen molar-refractivity contribution < 1.29 is 13.2 Å². The lowest BCUT2D eigenvalue weighted by Gasteiger charge is -2.13. The van der Waals surface area contributed by atoms with Gasteiger partial charge in [-0.15, -0.1) is 11.3 Å². The highest BCUT2D eigenvalue weighted by Gasteiger charge is 2.14. The molecule has 0 bridgehead atoms. The van der Waals surface area contributed by atoms with Crippen LogP contribution in [0, 0.1) is 0 Å². The molecule has 1 aromatic rings. The Morgan fingerprint density at radius 1 is 1.39 bits per heavy atom. The van der Waals surface area contributed by atoms with Crippen LogP contribution in [0.2, 0.25) is 0 Å². The Morgan fingerprint density at radius 3 is 2.44 bits per heavy atom. The van der Waals surface area contributed by atoms with E-state index in [0.717, 1.165) is 24.2 Å². The lowest BCUT2D eigenvalue weighted by molar-refractivity contribution is -0.121. The molecule has 0 unspecified atom stereocenters. The Balaban J connectivity index is 2.63. The van der Waals surface area contributed by atoms with Gasteiger partial charge in [0, 0.05) is 10.9 Å². The van der Waals surface area contributed by atoms with Gasteiger partial charge in [-0.1, -0.05) is 13.8 Å². The second kappa shape index (κ2) is 6.31. The van der Waals surface area contributed by atoms with Crippen molar-refractivity contribution in [2.24, 2.45) is 5.14 Å². The zero-order valence-electron chi connectivity index (χ0n) is 10.5. The fraction of sp³-hybridized carbons (Fsp3) is 0.545. The molecule has 7 heteroatoms. The van der Waals surface area contributed by atoms with Crippen LogP contribution >= 0.6 is 11.3 Å². The van der Waals surface area contributed by atoms with Crippen LogP contribution in [0.15, 0.2) is 16.3 Å². The predicted octanol–water partition coefficient (Wildman–Crippen LogP) is 1.24. The van der Waals surface area contributed by atoms with Gasteiger partial charge in [0.1, 0.15) is 4.21 Å². The molecule has 0 radical (unpaired) electrons. The van der Waals surface area contributed by atoms with E-state index in [2.05, 4.69) is 5.32 Å². The van der Waals surface area contributed by atoms with Gasteiger partial charge in [0.25, 0.3) is 0 Å². The smallest absolute Gasteiger partial charge is 0.247 e. The normalized spacial score (nSPS) is 11.8. The summed E-state index contributed by atoms with van der Waals surface area (Å²) < 4.78 is 22.3. The van der Waals surface area contributed by atoms with Gasteiger partial charge in [-0.3, -0.25) is 4.79 Å². The number of carbonyl (C=O) groups excluding carboxylic acids is 1. The maximum atomic E-state index is 11.7. The molecule has 102 valence electrons. The summed E-state index contributed by atoms with van der Waals surface area (Å²) in [5, 5.41) is 7.91. The number of hydrogen-bond donors (Lipinski definition) is 2. The molecule has 1 aromatic heterocycles. The number of primary sulfonamides is 1. The number of carbonyl (C=O) groups is 1. The molecule has 0 aliphatic carbocycles. The average Bonchev–Trinajstić information content (AvgIpc) is 2.74. The van der Waals surface area contributed by atoms with Crippen molar-refractivity contribution in [3.63, 3.8) is 0 Å². The van der Waals surface area contributed by atoms with E-state index in [-0.39, 0.29) is 22.6 Å². The second-order valence-corrected chi connectivity index (χ2v) is 6.98. The molecule has 1 rings (SSSR count). The molecule has 3 N–H and O–H groups in total. The van der Waals surface area contributed by atoms with E-state index in [9.17, 15) is 13.2 Å². The van der Waals surface area contributed by atoms with Gasteiger partial charge in [0.15, 0.2) is 0 Å². The van der Waals surface area contributed by atoms with Crippen molar-refractivity contribution in [2.75, 3.05) is 0 Å². The van der Waals surface area contributed by atoms with Crippen molar-refractivity contribution in [3.05, 3.63) is 17.0 Å². The highest BCUT2D eigenvalue weighted by Crippen LogP contribution is 2.20. The minimum Gasteiger partial charge on any atom is -0.353 e. The first kappa shape index (κ1) is 15.1. The second-order valence-electron chi connectivity index (χ2n) is 4.02. The number of nitrogens with two attached hydrogens (primary N) is 1. The van der Waals surface area contributed by atoms with Crippen molar-refractivity contribution in [2.45, 2.75) is 43.4 Å². The number of amides is 1. The largest absolute Gasteiger partial charge is 0.353 e. The molecule has 18 heavy (non-hydrogen) atoms. The summed E-state index contributed by atoms with van der Waals surface area (Å²) in [6.45, 7) is 4.03. The average molecular weight is 290 g/mol. The zero-order valence-corrected chi connectivity index (χ0v) is 12.1. The van der Waals surface area contributed by atoms with Crippen LogP contribution in [-0.2, 0) is 21.2 Å². The highest BCUT2D eigenvalue weighted by atomic mass is 32.2. The first-order valence-electron chi connectivity index (χ1n) is 5.77. The molecule has 0 aliphatic rings. The molecule has 0 spiro atoms. The predicted molar refractivity (Wildman–Crippen MR) is 71.9 cm³/mol. The Kier molecular flexibility index (Phi) is 5.30. The first-order valence-corrected chi connectivity index (χ1v) is 8.14. The van der Waals surface area contributed by atoms with Crippen molar-refractivity contribution >= 4 is 27.3 Å². The minimum absolute atomic E-state index is 0.0906. The fourth-order valence-corrected chi connectivity index (χ4v) is 3.31. The summed E-state index contributed by atoms with van der Waals surface area (Å²) in [4.78, 5) is 12.4. The quantitative estimate of drug-likeness (QED) is 0.826. The molecule has 0 atom stereocenters. The van der Waals surface area contributed by atoms with Crippen LogP contribution in [0.4, 0.5) is 0 Å². The Morgan fingerprint density at radius 2 is 2.00 bits per heavy atom. The molecule has 5 nitrogen and oxygen atoms in total. The van der Waals surface area contributed by atoms with Crippen molar-refractivity contribution in [1.82, 2.24) is 5.32 Å². The number of rotatable bonds is 6. The van der Waals surface area contributed by atoms with Gasteiger partial charge in [-0.2, -0.15) is 0 Å². The number of thiophene rings is 1. The molecule has 0 aliphatic heterocycles. The summed E-state index contributed by atoms with van der Waals surface area (Å²) in [5.41, 5.74) is 0. The first-order chi connectivity index (χ1) is 8.36. The maximum Gasteiger partial charge on any atom is 0.247 e. The standard InChI is InChI=1S/C11H18N2O3S2/c1-3-8(4-2)13-10(14)7-9-5-6-11(17-9)18(12,15)16/h5-6,8H,3-4,7H2,1-2H3,(H,13,14)(H2,12,15,16). The maximum absolute atomic E-state index is 11.7. The number of hydrogen-bond acceptors (Lipinski definition) is 4. The Bertz CT molecular complexity index is 504. The summed E-state index contributed by atoms with van der Waals surface area (Å²) in [6, 6.07) is 3.23. The Hall–Kier alpha value is -0.920. The fourth-order valence-electron chi connectivity index (χ4n) is 1.54. The number of sulfonamides is 1. The third kappa shape index (κ3) is 4.40. The minimum atomic E-state index is -3.66. The van der Waals surface area contributed by atoms with E-state index in [4.69, 9.17) is 5.14 Å². The third-order valence-electron chi connectivity index (χ3n) is 2.60. The van der Waals surface area contributed by atoms with E-state index < -0.39 is 10.0 Å². The van der Waals surface area contributed by atoms with Gasteiger partial charge in [-0.25, -0.2) is 13.6 Å². The van der Waals surface area contributed by atoms with Crippen LogP contribution in [0.1, 0.15) is 31.6 Å². The summed E-state index contributed by atoms with van der Waals surface area (Å²) in [7, 11) is -3.66. The van der Waals surface area contributed by atoms with Gasteiger partial charge < -0.3 is 5.32 Å². The lowest BCUT2D eigenvalue weighted by atomic mass is 10.1. The van der Waals surface area contributed by atoms with Crippen molar-refractivity contribution in [1.29, 1.82) is 0 Å². The van der Waals surface area contributed by atoms with E-state index in [1.807, 2.05) is 13.8 Å². The zero-order chi connectivity index (χ0) is 13.8. The van der Waals surface area contributed by atoms with Crippen LogP contribution in [0.3, 0.4) is 0 Å². The Labute approximate surface area is 111 Å². The molecule has 0 saturated heterocycles. The molecule has 1 amide bonds. The monoisotopic (exact) mass is 290 g/mol. The molecule has 0 saturated carbocycles. The summed E-state index contributed by atoms with van der Waals surface area (Å²) in [5.74, 6) is -0.0912. The van der Waals surface area contributed by atoms with E-state index in [1.165, 1.54) is 6.07 Å². The van der Waals surface area contributed by atoms with Gasteiger partial charge >= 0.3 is 0 Å². The number of nitrogens with one attached hydrogen (secondary N) is 1. The molecule has 0 fully saturated rings. The van der Waals surface area contributed by atoms with E-state index >= 15 is 0 Å².